The van der Waals surface area contributed by atoms with Gasteiger partial charge < -0.3 is 15.5 Å². The van der Waals surface area contributed by atoms with Gasteiger partial charge >= 0.3 is 0 Å². The molecule has 2 N–H and O–H groups in total. The monoisotopic (exact) mass is 375 g/mol. The molecule has 0 aliphatic carbocycles. The molecular formula is C17H24ClF2N3O2. The molecule has 1 aliphatic rings. The van der Waals surface area contributed by atoms with Gasteiger partial charge in [-0.15, -0.1) is 12.4 Å². The number of benzene rings is 1. The molecule has 1 saturated heterocycles. The zero-order valence-electron chi connectivity index (χ0n) is 14.4. The first kappa shape index (κ1) is 21.3. The largest absolute Gasteiger partial charge is 0.352 e. The zero-order valence-corrected chi connectivity index (χ0v) is 15.2. The van der Waals surface area contributed by atoms with Gasteiger partial charge in [0.05, 0.1) is 5.56 Å². The summed E-state index contributed by atoms with van der Waals surface area (Å²) in [7, 11) is 0. The Kier molecular flexibility index (Phi) is 8.25. The maximum Gasteiger partial charge on any atom is 0.254 e. The van der Waals surface area contributed by atoms with Gasteiger partial charge in [-0.3, -0.25) is 9.59 Å². The van der Waals surface area contributed by atoms with E-state index in [4.69, 9.17) is 0 Å². The summed E-state index contributed by atoms with van der Waals surface area (Å²) in [5.41, 5.74) is -0.202. The topological polar surface area (TPSA) is 61.4 Å². The van der Waals surface area contributed by atoms with Crippen LogP contribution in [0.3, 0.4) is 0 Å². The lowest BCUT2D eigenvalue weighted by Crippen LogP contribution is -2.57. The lowest BCUT2D eigenvalue weighted by atomic mass is 10.1. The maximum atomic E-state index is 13.5. The molecular weight excluding hydrogens is 352 g/mol. The molecule has 140 valence electrons. The molecule has 2 rings (SSSR count). The molecule has 0 saturated carbocycles. The van der Waals surface area contributed by atoms with Gasteiger partial charge in [0.25, 0.3) is 5.91 Å². The molecule has 8 heteroatoms. The van der Waals surface area contributed by atoms with E-state index in [2.05, 4.69) is 10.6 Å². The number of hydrogen-bond acceptors (Lipinski definition) is 3. The van der Waals surface area contributed by atoms with E-state index in [-0.39, 0.29) is 42.5 Å². The Hall–Kier alpha value is -1.73. The highest BCUT2D eigenvalue weighted by molar-refractivity contribution is 5.94. The van der Waals surface area contributed by atoms with Crippen molar-refractivity contribution in [2.24, 2.45) is 0 Å². The number of hydrogen-bond donors (Lipinski definition) is 2. The standard InChI is InChI=1S/C17H23F2N3O2.ClH/c1-11-12(2)22(9-8-20-11)16(23)4-3-7-21-17(24)14-6-5-13(18)10-15(14)19;/h5-6,10-12,20H,3-4,7-9H2,1-2H3,(H,21,24);1H. The average molecular weight is 376 g/mol. The summed E-state index contributed by atoms with van der Waals surface area (Å²) in [4.78, 5) is 25.9. The molecule has 0 radical (unpaired) electrons. The maximum absolute atomic E-state index is 13.5. The first-order valence-electron chi connectivity index (χ1n) is 8.16. The number of carbonyl (C=O) groups excluding carboxylic acids is 2. The van der Waals surface area contributed by atoms with Gasteiger partial charge in [-0.1, -0.05) is 0 Å². The minimum Gasteiger partial charge on any atom is -0.352 e. The third kappa shape index (κ3) is 5.64. The number of nitrogens with one attached hydrogen (secondary N) is 2. The quantitative estimate of drug-likeness (QED) is 0.775. The molecule has 1 heterocycles. The van der Waals surface area contributed by atoms with Crippen LogP contribution >= 0.6 is 12.4 Å². The minimum absolute atomic E-state index is 0. The van der Waals surface area contributed by atoms with Gasteiger partial charge in [-0.25, -0.2) is 8.78 Å². The summed E-state index contributed by atoms with van der Waals surface area (Å²) in [5, 5.41) is 5.87. The second-order valence-electron chi connectivity index (χ2n) is 6.05. The van der Waals surface area contributed by atoms with Crippen LogP contribution in [0, 0.1) is 11.6 Å². The van der Waals surface area contributed by atoms with Gasteiger partial charge in [-0.05, 0) is 32.4 Å². The number of nitrogens with zero attached hydrogens (tertiary/aromatic N) is 1. The fraction of sp³-hybridized carbons (Fsp3) is 0.529. The van der Waals surface area contributed by atoms with Gasteiger partial charge in [0.2, 0.25) is 5.91 Å². The van der Waals surface area contributed by atoms with E-state index in [0.29, 0.717) is 25.5 Å². The Morgan fingerprint density at radius 3 is 2.72 bits per heavy atom. The van der Waals surface area contributed by atoms with E-state index < -0.39 is 17.5 Å². The van der Waals surface area contributed by atoms with Gasteiger partial charge in [-0.2, -0.15) is 0 Å². The number of carbonyl (C=O) groups is 2. The van der Waals surface area contributed by atoms with Crippen LogP contribution < -0.4 is 10.6 Å². The van der Waals surface area contributed by atoms with Crippen LogP contribution in [-0.2, 0) is 4.79 Å². The average Bonchev–Trinajstić information content (AvgIpc) is 2.53. The number of piperazine rings is 1. The van der Waals surface area contributed by atoms with Crippen LogP contribution in [0.5, 0.6) is 0 Å². The predicted octanol–water partition coefficient (Wildman–Crippen LogP) is 2.11. The van der Waals surface area contributed by atoms with Crippen LogP contribution in [0.4, 0.5) is 8.78 Å². The molecule has 1 aromatic rings. The van der Waals surface area contributed by atoms with Gasteiger partial charge in [0, 0.05) is 44.2 Å². The van der Waals surface area contributed by atoms with E-state index in [0.717, 1.165) is 18.7 Å². The summed E-state index contributed by atoms with van der Waals surface area (Å²) in [5.74, 6) is -2.18. The summed E-state index contributed by atoms with van der Waals surface area (Å²) < 4.78 is 26.3. The van der Waals surface area contributed by atoms with Crippen molar-refractivity contribution in [2.75, 3.05) is 19.6 Å². The molecule has 2 amide bonds. The van der Waals surface area contributed by atoms with Crippen LogP contribution in [-0.4, -0.2) is 48.4 Å². The van der Waals surface area contributed by atoms with Crippen molar-refractivity contribution in [3.05, 3.63) is 35.4 Å². The van der Waals surface area contributed by atoms with Crippen molar-refractivity contribution < 1.29 is 18.4 Å². The lowest BCUT2D eigenvalue weighted by molar-refractivity contribution is -0.134. The minimum atomic E-state index is -0.896. The second kappa shape index (κ2) is 9.68. The smallest absolute Gasteiger partial charge is 0.254 e. The van der Waals surface area contributed by atoms with Crippen LogP contribution in [0.15, 0.2) is 18.2 Å². The van der Waals surface area contributed by atoms with E-state index in [9.17, 15) is 18.4 Å². The highest BCUT2D eigenvalue weighted by Gasteiger charge is 2.27. The number of amides is 2. The van der Waals surface area contributed by atoms with Crippen molar-refractivity contribution >= 4 is 24.2 Å². The second-order valence-corrected chi connectivity index (χ2v) is 6.05. The molecule has 0 spiro atoms. The Balaban J connectivity index is 0.00000312. The van der Waals surface area contributed by atoms with Crippen molar-refractivity contribution in [3.63, 3.8) is 0 Å². The van der Waals surface area contributed by atoms with Crippen LogP contribution in [0.1, 0.15) is 37.0 Å². The van der Waals surface area contributed by atoms with Crippen molar-refractivity contribution in [2.45, 2.75) is 38.8 Å². The van der Waals surface area contributed by atoms with Gasteiger partial charge in [0.1, 0.15) is 11.6 Å². The first-order chi connectivity index (χ1) is 11.4. The number of rotatable bonds is 5. The molecule has 25 heavy (non-hydrogen) atoms. The highest BCUT2D eigenvalue weighted by Crippen LogP contribution is 2.12. The SMILES string of the molecule is CC1NCCN(C(=O)CCCNC(=O)c2ccc(F)cc2F)C1C.Cl. The normalized spacial score (nSPS) is 19.9. The molecule has 0 bridgehead atoms. The van der Waals surface area contributed by atoms with Crippen molar-refractivity contribution in [3.8, 4) is 0 Å². The van der Waals surface area contributed by atoms with E-state index in [1.807, 2.05) is 18.7 Å². The molecule has 2 unspecified atom stereocenters. The first-order valence-corrected chi connectivity index (χ1v) is 8.16. The third-order valence-corrected chi connectivity index (χ3v) is 4.38. The van der Waals surface area contributed by atoms with Crippen LogP contribution in [0.25, 0.3) is 0 Å². The fourth-order valence-electron chi connectivity index (χ4n) is 2.76. The zero-order chi connectivity index (χ0) is 17.7. The Labute approximate surface area is 152 Å². The molecule has 2 atom stereocenters. The Morgan fingerprint density at radius 2 is 2.04 bits per heavy atom. The van der Waals surface area contributed by atoms with Gasteiger partial charge in [0.15, 0.2) is 0 Å². The molecule has 5 nitrogen and oxygen atoms in total. The summed E-state index contributed by atoms with van der Waals surface area (Å²) in [6.45, 7) is 5.77. The van der Waals surface area contributed by atoms with Crippen LogP contribution in [0.2, 0.25) is 0 Å². The summed E-state index contributed by atoms with van der Waals surface area (Å²) >= 11 is 0. The molecule has 0 aromatic heterocycles. The summed E-state index contributed by atoms with van der Waals surface area (Å²) in [6, 6.07) is 3.20. The lowest BCUT2D eigenvalue weighted by Gasteiger charge is -2.38. The predicted molar refractivity (Wildman–Crippen MR) is 93.8 cm³/mol. The Morgan fingerprint density at radius 1 is 1.32 bits per heavy atom. The molecule has 1 aromatic carbocycles. The van der Waals surface area contributed by atoms with Crippen molar-refractivity contribution in [1.82, 2.24) is 15.5 Å². The van der Waals surface area contributed by atoms with Crippen molar-refractivity contribution in [1.29, 1.82) is 0 Å². The third-order valence-electron chi connectivity index (χ3n) is 4.38. The van der Waals surface area contributed by atoms with E-state index >= 15 is 0 Å². The summed E-state index contributed by atoms with van der Waals surface area (Å²) in [6.07, 6.45) is 0.793. The fourth-order valence-corrected chi connectivity index (χ4v) is 2.76. The van der Waals surface area contributed by atoms with E-state index in [1.165, 1.54) is 0 Å². The molecule has 1 aliphatic heterocycles. The molecule has 1 fully saturated rings. The highest BCUT2D eigenvalue weighted by atomic mass is 35.5. The number of halogens is 3. The van der Waals surface area contributed by atoms with E-state index in [1.54, 1.807) is 0 Å². The Bertz CT molecular complexity index is 616.